The first-order valence-electron chi connectivity index (χ1n) is 11.5. The highest BCUT2D eigenvalue weighted by Gasteiger charge is 2.50. The molecular formula is C22H24F5N9. The molecule has 4 N–H and O–H groups in total. The lowest BCUT2D eigenvalue weighted by atomic mass is 9.98. The zero-order valence-corrected chi connectivity index (χ0v) is 19.0. The van der Waals surface area contributed by atoms with E-state index in [4.69, 9.17) is 5.73 Å². The van der Waals surface area contributed by atoms with Crippen molar-refractivity contribution < 1.29 is 22.0 Å². The minimum Gasteiger partial charge on any atom is -0.339 e. The monoisotopic (exact) mass is 509 g/mol. The number of nitrogens with two attached hydrogens (primary N) is 1. The molecule has 0 bridgehead atoms. The van der Waals surface area contributed by atoms with E-state index in [2.05, 4.69) is 35.6 Å². The van der Waals surface area contributed by atoms with Gasteiger partial charge in [-0.2, -0.15) is 13.2 Å². The Kier molecular flexibility index (Phi) is 6.01. The lowest BCUT2D eigenvalue weighted by Gasteiger charge is -2.38. The standard InChI is InChI=1S/C22H24F5N9/c23-20(24)7-5-13(11-20)22(28)34-17(15-3-1-4-16(32-15)21(25,26)27)33-18(35-22)31-14-6-10-36(12-14)19-29-8-2-9-30-19/h1-4,8-9,13-14H,5-7,10-12,28H2,(H2,31,33,34,35). The van der Waals surface area contributed by atoms with Crippen molar-refractivity contribution in [3.05, 3.63) is 48.0 Å². The quantitative estimate of drug-likeness (QED) is 0.543. The zero-order valence-electron chi connectivity index (χ0n) is 19.0. The molecule has 2 aliphatic heterocycles. The molecule has 9 nitrogen and oxygen atoms in total. The summed E-state index contributed by atoms with van der Waals surface area (Å²) in [4.78, 5) is 23.1. The topological polar surface area (TPSA) is 117 Å². The van der Waals surface area contributed by atoms with Crippen LogP contribution < -0.4 is 21.3 Å². The maximum absolute atomic E-state index is 14.0. The maximum Gasteiger partial charge on any atom is 0.433 e. The molecular weight excluding hydrogens is 485 g/mol. The summed E-state index contributed by atoms with van der Waals surface area (Å²) in [5.74, 6) is -4.74. The van der Waals surface area contributed by atoms with Crippen molar-refractivity contribution in [1.82, 2.24) is 25.6 Å². The smallest absolute Gasteiger partial charge is 0.339 e. The first kappa shape index (κ1) is 24.3. The number of amidine groups is 1. The predicted molar refractivity (Wildman–Crippen MR) is 121 cm³/mol. The predicted octanol–water partition coefficient (Wildman–Crippen LogP) is 2.51. The molecule has 0 radical (unpaired) electrons. The SMILES string of the molecule is NC1(C2CCC(F)(F)C2)N=C(c2cccc(C(F)(F)F)n2)NC(=NC2CCN(c3ncccn3)C2)N1. The van der Waals surface area contributed by atoms with Crippen molar-refractivity contribution in [2.45, 2.75) is 49.6 Å². The van der Waals surface area contributed by atoms with E-state index in [9.17, 15) is 22.0 Å². The number of pyridine rings is 1. The summed E-state index contributed by atoms with van der Waals surface area (Å²) in [5.41, 5.74) is 5.26. The molecule has 36 heavy (non-hydrogen) atoms. The highest BCUT2D eigenvalue weighted by Crippen LogP contribution is 2.43. The molecule has 3 unspecified atom stereocenters. The normalized spacial score (nSPS) is 29.1. The van der Waals surface area contributed by atoms with Gasteiger partial charge in [-0.15, -0.1) is 0 Å². The third-order valence-electron chi connectivity index (χ3n) is 6.47. The van der Waals surface area contributed by atoms with Crippen molar-refractivity contribution in [1.29, 1.82) is 0 Å². The first-order valence-corrected chi connectivity index (χ1v) is 11.5. The van der Waals surface area contributed by atoms with Gasteiger partial charge in [-0.1, -0.05) is 6.07 Å². The summed E-state index contributed by atoms with van der Waals surface area (Å²) in [6, 6.07) is 4.87. The van der Waals surface area contributed by atoms with Crippen LogP contribution in [0.1, 0.15) is 37.1 Å². The fourth-order valence-electron chi connectivity index (χ4n) is 4.67. The van der Waals surface area contributed by atoms with Gasteiger partial charge in [0.25, 0.3) is 0 Å². The third kappa shape index (κ3) is 5.08. The van der Waals surface area contributed by atoms with Crippen LogP contribution >= 0.6 is 0 Å². The molecule has 5 rings (SSSR count). The molecule has 2 fully saturated rings. The van der Waals surface area contributed by atoms with E-state index in [1.807, 2.05) is 4.90 Å². The summed E-state index contributed by atoms with van der Waals surface area (Å²) in [7, 11) is 0. The molecule has 4 heterocycles. The first-order chi connectivity index (χ1) is 17.0. The van der Waals surface area contributed by atoms with Crippen LogP contribution in [0.2, 0.25) is 0 Å². The summed E-state index contributed by atoms with van der Waals surface area (Å²) < 4.78 is 67.8. The largest absolute Gasteiger partial charge is 0.433 e. The molecule has 3 aliphatic rings. The number of halogens is 5. The number of anilines is 1. The van der Waals surface area contributed by atoms with Crippen LogP contribution in [0.3, 0.4) is 0 Å². The Labute approximate surface area is 203 Å². The third-order valence-corrected chi connectivity index (χ3v) is 6.47. The zero-order chi connectivity index (χ0) is 25.6. The molecule has 1 saturated heterocycles. The van der Waals surface area contributed by atoms with Crippen LogP contribution in [-0.4, -0.2) is 57.6 Å². The van der Waals surface area contributed by atoms with Crippen LogP contribution in [0, 0.1) is 5.92 Å². The Bertz CT molecular complexity index is 1170. The van der Waals surface area contributed by atoms with Gasteiger partial charge in [-0.3, -0.25) is 5.73 Å². The average Bonchev–Trinajstić information content (AvgIpc) is 3.45. The lowest BCUT2D eigenvalue weighted by Crippen LogP contribution is -2.66. The second-order valence-electron chi connectivity index (χ2n) is 9.15. The fraction of sp³-hybridized carbons (Fsp3) is 0.500. The molecule has 192 valence electrons. The Morgan fingerprint density at radius 1 is 1.11 bits per heavy atom. The van der Waals surface area contributed by atoms with Gasteiger partial charge >= 0.3 is 6.18 Å². The number of guanidine groups is 1. The van der Waals surface area contributed by atoms with Gasteiger partial charge in [0, 0.05) is 44.2 Å². The minimum atomic E-state index is -4.67. The van der Waals surface area contributed by atoms with Crippen LogP contribution in [0.15, 0.2) is 46.6 Å². The van der Waals surface area contributed by atoms with Crippen LogP contribution in [0.4, 0.5) is 27.9 Å². The van der Waals surface area contributed by atoms with E-state index < -0.39 is 35.9 Å². The number of hydrogen-bond donors (Lipinski definition) is 3. The Balaban J connectivity index is 1.45. The van der Waals surface area contributed by atoms with Crippen molar-refractivity contribution in [3.63, 3.8) is 0 Å². The number of aromatic nitrogens is 3. The summed E-state index contributed by atoms with van der Waals surface area (Å²) in [6.45, 7) is 1.13. The maximum atomic E-state index is 14.0. The Morgan fingerprint density at radius 3 is 2.58 bits per heavy atom. The second-order valence-corrected chi connectivity index (χ2v) is 9.15. The number of nitrogens with zero attached hydrogens (tertiary/aromatic N) is 6. The molecule has 0 amide bonds. The number of aliphatic imine (C=N–C) groups is 2. The van der Waals surface area contributed by atoms with E-state index in [0.717, 1.165) is 6.07 Å². The summed E-state index contributed by atoms with van der Waals surface area (Å²) >= 11 is 0. The van der Waals surface area contributed by atoms with Crippen molar-refractivity contribution in [3.8, 4) is 0 Å². The molecule has 14 heteroatoms. The van der Waals surface area contributed by atoms with E-state index in [-0.39, 0.29) is 36.4 Å². The fourth-order valence-corrected chi connectivity index (χ4v) is 4.67. The number of hydrogen-bond acceptors (Lipinski definition) is 7. The highest BCUT2D eigenvalue weighted by molar-refractivity contribution is 6.09. The average molecular weight is 509 g/mol. The van der Waals surface area contributed by atoms with Crippen molar-refractivity contribution in [2.75, 3.05) is 18.0 Å². The molecule has 0 spiro atoms. The molecule has 1 aliphatic carbocycles. The molecule has 2 aromatic heterocycles. The Morgan fingerprint density at radius 2 is 1.89 bits per heavy atom. The molecule has 0 aromatic carbocycles. The van der Waals surface area contributed by atoms with E-state index >= 15 is 0 Å². The van der Waals surface area contributed by atoms with E-state index in [1.165, 1.54) is 12.1 Å². The number of nitrogens with one attached hydrogen (secondary N) is 2. The van der Waals surface area contributed by atoms with Gasteiger partial charge in [0.2, 0.25) is 11.9 Å². The highest BCUT2D eigenvalue weighted by atomic mass is 19.4. The van der Waals surface area contributed by atoms with Crippen LogP contribution in [0.25, 0.3) is 0 Å². The second kappa shape index (κ2) is 8.91. The number of alkyl halides is 5. The molecule has 3 atom stereocenters. The van der Waals surface area contributed by atoms with Gasteiger partial charge in [0.15, 0.2) is 17.6 Å². The molecule has 1 saturated carbocycles. The summed E-state index contributed by atoms with van der Waals surface area (Å²) in [5, 5.41) is 5.80. The minimum absolute atomic E-state index is 0.0717. The number of rotatable bonds is 4. The summed E-state index contributed by atoms with van der Waals surface area (Å²) in [6.07, 6.45) is -1.50. The van der Waals surface area contributed by atoms with Crippen LogP contribution in [-0.2, 0) is 6.18 Å². The molecule has 2 aromatic rings. The van der Waals surface area contributed by atoms with E-state index in [1.54, 1.807) is 18.5 Å². The van der Waals surface area contributed by atoms with E-state index in [0.29, 0.717) is 25.5 Å². The van der Waals surface area contributed by atoms with Crippen molar-refractivity contribution in [2.24, 2.45) is 21.6 Å². The van der Waals surface area contributed by atoms with Crippen molar-refractivity contribution >= 4 is 17.7 Å². The van der Waals surface area contributed by atoms with Gasteiger partial charge in [0.05, 0.1) is 6.04 Å². The van der Waals surface area contributed by atoms with Gasteiger partial charge in [-0.25, -0.2) is 33.7 Å². The van der Waals surface area contributed by atoms with Gasteiger partial charge in [0.1, 0.15) is 11.4 Å². The lowest BCUT2D eigenvalue weighted by molar-refractivity contribution is -0.141. The van der Waals surface area contributed by atoms with Gasteiger partial charge in [-0.05, 0) is 31.0 Å². The van der Waals surface area contributed by atoms with Gasteiger partial charge < -0.3 is 15.5 Å². The van der Waals surface area contributed by atoms with Crippen LogP contribution in [0.5, 0.6) is 0 Å². The Hall–Kier alpha value is -3.42.